The fourth-order valence-electron chi connectivity index (χ4n) is 3.10. The maximum absolute atomic E-state index is 12.6. The van der Waals surface area contributed by atoms with Crippen molar-refractivity contribution < 1.29 is 14.3 Å². The minimum atomic E-state index is -1.00. The standard InChI is InChI=1S/C18H22N2O3S/c1-11(2)8-12-9-18(3,23-16(12)22)15(21)10-24-17-19-13-6-4-5-7-14(13)20-17/h4-7,11-12H,8-10H2,1-3H3,(H,19,20)/t12-,18-/m0/s1. The van der Waals surface area contributed by atoms with Crippen molar-refractivity contribution in [2.75, 3.05) is 5.75 Å². The van der Waals surface area contributed by atoms with Crippen molar-refractivity contribution in [3.05, 3.63) is 24.3 Å². The molecule has 1 N–H and O–H groups in total. The number of rotatable bonds is 6. The van der Waals surface area contributed by atoms with Crippen molar-refractivity contribution in [3.63, 3.8) is 0 Å². The summed E-state index contributed by atoms with van der Waals surface area (Å²) in [7, 11) is 0. The lowest BCUT2D eigenvalue weighted by Gasteiger charge is -2.20. The largest absolute Gasteiger partial charge is 0.451 e. The van der Waals surface area contributed by atoms with Crippen molar-refractivity contribution in [2.24, 2.45) is 11.8 Å². The summed E-state index contributed by atoms with van der Waals surface area (Å²) in [6, 6.07) is 7.74. The number of thioether (sulfide) groups is 1. The molecule has 24 heavy (non-hydrogen) atoms. The van der Waals surface area contributed by atoms with Crippen molar-refractivity contribution >= 4 is 34.5 Å². The zero-order valence-corrected chi connectivity index (χ0v) is 15.0. The van der Waals surface area contributed by atoms with Crippen molar-refractivity contribution in [3.8, 4) is 0 Å². The van der Waals surface area contributed by atoms with E-state index in [1.165, 1.54) is 11.8 Å². The number of ketones is 1. The fourth-order valence-corrected chi connectivity index (χ4v) is 4.02. The van der Waals surface area contributed by atoms with Crippen LogP contribution in [0.25, 0.3) is 11.0 Å². The van der Waals surface area contributed by atoms with Gasteiger partial charge in [0.15, 0.2) is 16.5 Å². The second-order valence-corrected chi connectivity index (χ2v) is 7.92. The highest BCUT2D eigenvalue weighted by atomic mass is 32.2. The molecule has 0 spiro atoms. The van der Waals surface area contributed by atoms with Crippen LogP contribution in [0.3, 0.4) is 0 Å². The van der Waals surface area contributed by atoms with E-state index in [-0.39, 0.29) is 23.4 Å². The fraction of sp³-hybridized carbons (Fsp3) is 0.500. The van der Waals surface area contributed by atoms with E-state index < -0.39 is 5.60 Å². The Morgan fingerprint density at radius 2 is 2.21 bits per heavy atom. The molecule has 0 aliphatic carbocycles. The summed E-state index contributed by atoms with van der Waals surface area (Å²) in [5, 5.41) is 0.705. The van der Waals surface area contributed by atoms with Crippen LogP contribution in [0.4, 0.5) is 0 Å². The van der Waals surface area contributed by atoms with Crippen LogP contribution < -0.4 is 0 Å². The van der Waals surface area contributed by atoms with Gasteiger partial charge in [0.25, 0.3) is 0 Å². The predicted octanol–water partition coefficient (Wildman–Crippen LogP) is 3.59. The topological polar surface area (TPSA) is 72.1 Å². The number of benzene rings is 1. The summed E-state index contributed by atoms with van der Waals surface area (Å²) in [5.74, 6) is 0.166. The maximum atomic E-state index is 12.6. The molecule has 0 radical (unpaired) electrons. The van der Waals surface area contributed by atoms with Crippen LogP contribution in [0, 0.1) is 11.8 Å². The van der Waals surface area contributed by atoms with E-state index in [4.69, 9.17) is 4.74 Å². The number of nitrogens with one attached hydrogen (secondary N) is 1. The summed E-state index contributed by atoms with van der Waals surface area (Å²) < 4.78 is 5.44. The minimum absolute atomic E-state index is 0.0624. The van der Waals surface area contributed by atoms with Crippen LogP contribution in [0.2, 0.25) is 0 Å². The second-order valence-electron chi connectivity index (χ2n) is 6.95. The van der Waals surface area contributed by atoms with Gasteiger partial charge in [-0.3, -0.25) is 9.59 Å². The van der Waals surface area contributed by atoms with Gasteiger partial charge in [0.2, 0.25) is 0 Å². The third-order valence-electron chi connectivity index (χ3n) is 4.35. The van der Waals surface area contributed by atoms with Gasteiger partial charge in [-0.15, -0.1) is 0 Å². The molecule has 1 saturated heterocycles. The number of imidazole rings is 1. The van der Waals surface area contributed by atoms with Crippen LogP contribution in [-0.2, 0) is 14.3 Å². The highest BCUT2D eigenvalue weighted by Crippen LogP contribution is 2.36. The number of esters is 1. The molecule has 0 unspecified atom stereocenters. The Labute approximate surface area is 145 Å². The average molecular weight is 346 g/mol. The van der Waals surface area contributed by atoms with Crippen molar-refractivity contribution in [1.29, 1.82) is 0 Å². The molecule has 128 valence electrons. The third kappa shape index (κ3) is 3.48. The third-order valence-corrected chi connectivity index (χ3v) is 5.22. The molecule has 1 aromatic carbocycles. The number of hydrogen-bond acceptors (Lipinski definition) is 5. The first-order valence-corrected chi connectivity index (χ1v) is 9.19. The van der Waals surface area contributed by atoms with E-state index in [0.717, 1.165) is 17.5 Å². The quantitative estimate of drug-likeness (QED) is 0.639. The number of para-hydroxylation sites is 2. The number of cyclic esters (lactones) is 1. The normalized spacial score (nSPS) is 23.8. The number of carbonyl (C=O) groups is 2. The van der Waals surface area contributed by atoms with Gasteiger partial charge in [-0.25, -0.2) is 4.98 Å². The zero-order chi connectivity index (χ0) is 17.3. The lowest BCUT2D eigenvalue weighted by atomic mass is 9.88. The summed E-state index contributed by atoms with van der Waals surface area (Å²) in [5.41, 5.74) is 0.821. The Morgan fingerprint density at radius 3 is 2.92 bits per heavy atom. The molecule has 1 fully saturated rings. The molecule has 2 heterocycles. The Balaban J connectivity index is 1.63. The molecule has 2 aromatic rings. The SMILES string of the molecule is CC(C)C[C@H]1C[C@@](C)(C(=O)CSc2nc3ccccc3[nH]2)OC1=O. The van der Waals surface area contributed by atoms with Gasteiger partial charge in [-0.05, 0) is 31.4 Å². The number of hydrogen-bond donors (Lipinski definition) is 1. The lowest BCUT2D eigenvalue weighted by Crippen LogP contribution is -2.36. The number of Topliss-reactive ketones (excluding diaryl/α,β-unsaturated/α-hetero) is 1. The molecule has 1 aliphatic heterocycles. The molecule has 0 bridgehead atoms. The number of aromatic amines is 1. The van der Waals surface area contributed by atoms with Crippen molar-refractivity contribution in [2.45, 2.75) is 44.4 Å². The zero-order valence-electron chi connectivity index (χ0n) is 14.2. The Hall–Kier alpha value is -1.82. The molecule has 0 saturated carbocycles. The van der Waals surface area contributed by atoms with E-state index in [9.17, 15) is 9.59 Å². The molecule has 1 aromatic heterocycles. The van der Waals surface area contributed by atoms with E-state index >= 15 is 0 Å². The summed E-state index contributed by atoms with van der Waals surface area (Å²) in [6.07, 6.45) is 1.24. The first-order valence-electron chi connectivity index (χ1n) is 8.21. The molecule has 1 aliphatic rings. The smallest absolute Gasteiger partial charge is 0.310 e. The molecular weight excluding hydrogens is 324 g/mol. The first-order chi connectivity index (χ1) is 11.4. The van der Waals surface area contributed by atoms with Crippen molar-refractivity contribution in [1.82, 2.24) is 9.97 Å². The van der Waals surface area contributed by atoms with E-state index in [1.807, 2.05) is 24.3 Å². The average Bonchev–Trinajstić information content (AvgIpc) is 3.05. The Morgan fingerprint density at radius 1 is 1.46 bits per heavy atom. The van der Waals surface area contributed by atoms with Gasteiger partial charge in [0, 0.05) is 6.42 Å². The minimum Gasteiger partial charge on any atom is -0.451 e. The van der Waals surface area contributed by atoms with E-state index in [2.05, 4.69) is 23.8 Å². The van der Waals surface area contributed by atoms with Gasteiger partial charge in [-0.1, -0.05) is 37.7 Å². The summed E-state index contributed by atoms with van der Waals surface area (Å²) >= 11 is 1.35. The second kappa shape index (κ2) is 6.59. The lowest BCUT2D eigenvalue weighted by molar-refractivity contribution is -0.156. The van der Waals surface area contributed by atoms with Gasteiger partial charge in [0.1, 0.15) is 0 Å². The number of H-pyrrole nitrogens is 1. The molecular formula is C18H22N2O3S. The number of carbonyl (C=O) groups excluding carboxylic acids is 2. The van der Waals surface area contributed by atoms with Crippen LogP contribution in [0.5, 0.6) is 0 Å². The summed E-state index contributed by atoms with van der Waals surface area (Å²) in [4.78, 5) is 32.3. The van der Waals surface area contributed by atoms with Gasteiger partial charge < -0.3 is 9.72 Å². The number of nitrogens with zero attached hydrogens (tertiary/aromatic N) is 1. The van der Waals surface area contributed by atoms with Gasteiger partial charge in [0.05, 0.1) is 22.7 Å². The highest BCUT2D eigenvalue weighted by Gasteiger charge is 2.48. The van der Waals surface area contributed by atoms with Crippen LogP contribution in [-0.4, -0.2) is 33.1 Å². The van der Waals surface area contributed by atoms with E-state index in [0.29, 0.717) is 17.5 Å². The van der Waals surface area contributed by atoms with Gasteiger partial charge >= 0.3 is 5.97 Å². The highest BCUT2D eigenvalue weighted by molar-refractivity contribution is 7.99. The predicted molar refractivity (Wildman–Crippen MR) is 93.9 cm³/mol. The van der Waals surface area contributed by atoms with E-state index in [1.54, 1.807) is 6.92 Å². The number of ether oxygens (including phenoxy) is 1. The van der Waals surface area contributed by atoms with Gasteiger partial charge in [-0.2, -0.15) is 0 Å². The van der Waals surface area contributed by atoms with Crippen LogP contribution >= 0.6 is 11.8 Å². The molecule has 6 heteroatoms. The van der Waals surface area contributed by atoms with Crippen LogP contribution in [0.15, 0.2) is 29.4 Å². The Bertz CT molecular complexity index is 737. The summed E-state index contributed by atoms with van der Waals surface area (Å²) in [6.45, 7) is 5.87. The number of fused-ring (bicyclic) bond motifs is 1. The molecule has 2 atom stereocenters. The number of aromatic nitrogens is 2. The molecule has 3 rings (SSSR count). The first kappa shape index (κ1) is 17.0. The Kier molecular flexibility index (Phi) is 4.67. The monoisotopic (exact) mass is 346 g/mol. The van der Waals surface area contributed by atoms with Crippen LogP contribution in [0.1, 0.15) is 33.6 Å². The molecule has 5 nitrogen and oxygen atoms in total. The molecule has 0 amide bonds. The maximum Gasteiger partial charge on any atom is 0.310 e.